The third kappa shape index (κ3) is 3.06. The van der Waals surface area contributed by atoms with Crippen molar-refractivity contribution in [2.24, 2.45) is 5.73 Å². The number of aromatic nitrogens is 1. The summed E-state index contributed by atoms with van der Waals surface area (Å²) in [5.41, 5.74) is 6.25. The highest BCUT2D eigenvalue weighted by atomic mass is 32.2. The molecule has 0 aliphatic rings. The van der Waals surface area contributed by atoms with Crippen molar-refractivity contribution in [2.45, 2.75) is 36.1 Å². The number of aromatic amines is 1. The first-order valence-electron chi connectivity index (χ1n) is 5.95. The summed E-state index contributed by atoms with van der Waals surface area (Å²) < 4.78 is 0. The fraction of sp³-hybridized carbons (Fsp3) is 0.357. The zero-order valence-corrected chi connectivity index (χ0v) is 11.4. The van der Waals surface area contributed by atoms with Crippen molar-refractivity contribution >= 4 is 22.7 Å². The monoisotopic (exact) mass is 259 g/mol. The van der Waals surface area contributed by atoms with Crippen LogP contribution < -0.4 is 5.73 Å². The highest BCUT2D eigenvalue weighted by molar-refractivity contribution is 7.99. The van der Waals surface area contributed by atoms with Gasteiger partial charge in [0.15, 0.2) is 0 Å². The fourth-order valence-electron chi connectivity index (χ4n) is 2.01. The van der Waals surface area contributed by atoms with Crippen molar-refractivity contribution in [3.8, 4) is 6.07 Å². The second-order valence-electron chi connectivity index (χ2n) is 4.88. The van der Waals surface area contributed by atoms with Gasteiger partial charge in [-0.25, -0.2) is 0 Å². The maximum Gasteiger partial charge on any atom is 0.102 e. The van der Waals surface area contributed by atoms with Crippen LogP contribution in [0.25, 0.3) is 10.9 Å². The van der Waals surface area contributed by atoms with Crippen LogP contribution in [0.2, 0.25) is 0 Å². The van der Waals surface area contributed by atoms with Gasteiger partial charge in [-0.2, -0.15) is 5.26 Å². The number of hydrogen-bond acceptors (Lipinski definition) is 3. The lowest BCUT2D eigenvalue weighted by molar-refractivity contribution is 0.545. The minimum atomic E-state index is -0.752. The number of thioether (sulfide) groups is 1. The van der Waals surface area contributed by atoms with E-state index in [1.165, 1.54) is 5.39 Å². The first-order valence-corrected chi connectivity index (χ1v) is 6.83. The van der Waals surface area contributed by atoms with Crippen LogP contribution >= 0.6 is 11.8 Å². The minimum Gasteiger partial charge on any atom is -0.350 e. The molecule has 0 amide bonds. The van der Waals surface area contributed by atoms with Crippen molar-refractivity contribution < 1.29 is 0 Å². The Kier molecular flexibility index (Phi) is 3.65. The Balaban J connectivity index is 2.07. The van der Waals surface area contributed by atoms with E-state index in [-0.39, 0.29) is 0 Å². The van der Waals surface area contributed by atoms with Gasteiger partial charge in [0.2, 0.25) is 0 Å². The number of fused-ring (bicyclic) bond motifs is 1. The molecule has 0 aliphatic heterocycles. The van der Waals surface area contributed by atoms with Crippen molar-refractivity contribution in [1.82, 2.24) is 4.98 Å². The first kappa shape index (κ1) is 13.0. The fourth-order valence-corrected chi connectivity index (χ4v) is 3.24. The Morgan fingerprint density at radius 1 is 1.50 bits per heavy atom. The number of hydrogen-bond donors (Lipinski definition) is 2. The maximum atomic E-state index is 8.93. The van der Waals surface area contributed by atoms with E-state index in [0.29, 0.717) is 11.7 Å². The average molecular weight is 259 g/mol. The lowest BCUT2D eigenvalue weighted by atomic mass is 10.00. The summed E-state index contributed by atoms with van der Waals surface area (Å²) >= 11 is 1.72. The minimum absolute atomic E-state index is 0.299. The number of nitrogens with two attached hydrogens (primary N) is 1. The quantitative estimate of drug-likeness (QED) is 0.828. The summed E-state index contributed by atoms with van der Waals surface area (Å²) in [7, 11) is 0. The molecule has 0 saturated heterocycles. The van der Waals surface area contributed by atoms with E-state index < -0.39 is 5.54 Å². The second kappa shape index (κ2) is 5.05. The molecule has 0 spiro atoms. The number of nitrogens with one attached hydrogen (secondary N) is 1. The molecule has 2 atom stereocenters. The molecular formula is C14H17N3S. The van der Waals surface area contributed by atoms with E-state index in [0.717, 1.165) is 10.5 Å². The molecule has 0 bridgehead atoms. The number of H-pyrrole nitrogens is 1. The van der Waals surface area contributed by atoms with Crippen LogP contribution in [0, 0.1) is 11.3 Å². The van der Waals surface area contributed by atoms with Gasteiger partial charge in [0.25, 0.3) is 0 Å². The van der Waals surface area contributed by atoms with E-state index in [1.807, 2.05) is 12.1 Å². The summed E-state index contributed by atoms with van der Waals surface area (Å²) in [6.45, 7) is 3.87. The van der Waals surface area contributed by atoms with Gasteiger partial charge in [-0.3, -0.25) is 0 Å². The molecule has 94 valence electrons. The van der Waals surface area contributed by atoms with Gasteiger partial charge >= 0.3 is 0 Å². The molecule has 4 heteroatoms. The molecule has 0 fully saturated rings. The SMILES string of the molecule is CC(CC(C)(N)C#N)Sc1cc2ccccc2[nH]1. The molecule has 18 heavy (non-hydrogen) atoms. The van der Waals surface area contributed by atoms with Crippen LogP contribution in [0.15, 0.2) is 35.4 Å². The standard InChI is InChI=1S/C14H17N3S/c1-10(8-14(2,16)9-15)18-13-7-11-5-3-4-6-12(11)17-13/h3-7,10,17H,8,16H2,1-2H3. The number of rotatable bonds is 4. The Hall–Kier alpha value is -1.44. The van der Waals surface area contributed by atoms with Crippen molar-refractivity contribution in [3.05, 3.63) is 30.3 Å². The van der Waals surface area contributed by atoms with Crippen LogP contribution in [0.4, 0.5) is 0 Å². The van der Waals surface area contributed by atoms with E-state index in [9.17, 15) is 0 Å². The Morgan fingerprint density at radius 3 is 2.89 bits per heavy atom. The predicted octanol–water partition coefficient (Wildman–Crippen LogP) is 3.28. The third-order valence-electron chi connectivity index (χ3n) is 2.80. The van der Waals surface area contributed by atoms with Crippen molar-refractivity contribution in [2.75, 3.05) is 0 Å². The van der Waals surface area contributed by atoms with Gasteiger partial charge in [0, 0.05) is 16.2 Å². The lowest BCUT2D eigenvalue weighted by Gasteiger charge is -2.19. The molecule has 3 nitrogen and oxygen atoms in total. The van der Waals surface area contributed by atoms with Crippen LogP contribution in [-0.2, 0) is 0 Å². The Morgan fingerprint density at radius 2 is 2.22 bits per heavy atom. The average Bonchev–Trinajstić information content (AvgIpc) is 2.70. The first-order chi connectivity index (χ1) is 8.50. The summed E-state index contributed by atoms with van der Waals surface area (Å²) in [6.07, 6.45) is 0.670. The zero-order valence-electron chi connectivity index (χ0n) is 10.6. The molecule has 2 unspecified atom stereocenters. The predicted molar refractivity (Wildman–Crippen MR) is 76.4 cm³/mol. The molecule has 0 aliphatic carbocycles. The Bertz CT molecular complexity index is 547. The summed E-state index contributed by atoms with van der Waals surface area (Å²) in [6, 6.07) is 12.5. The van der Waals surface area contributed by atoms with Crippen LogP contribution in [0.3, 0.4) is 0 Å². The molecular weight excluding hydrogens is 242 g/mol. The van der Waals surface area contributed by atoms with Gasteiger partial charge in [0.1, 0.15) is 5.54 Å². The largest absolute Gasteiger partial charge is 0.350 e. The molecule has 1 heterocycles. The Labute approximate surface area is 111 Å². The number of benzene rings is 1. The molecule has 2 rings (SSSR count). The van der Waals surface area contributed by atoms with Gasteiger partial charge in [0.05, 0.1) is 11.1 Å². The van der Waals surface area contributed by atoms with E-state index in [2.05, 4.69) is 36.2 Å². The molecule has 2 aromatic rings. The van der Waals surface area contributed by atoms with Gasteiger partial charge in [-0.1, -0.05) is 25.1 Å². The van der Waals surface area contributed by atoms with Gasteiger partial charge in [-0.05, 0) is 25.5 Å². The lowest BCUT2D eigenvalue weighted by Crippen LogP contribution is -2.36. The normalized spacial score (nSPS) is 16.1. The number of nitriles is 1. The van der Waals surface area contributed by atoms with Gasteiger partial charge in [-0.15, -0.1) is 11.8 Å². The third-order valence-corrected chi connectivity index (χ3v) is 3.84. The highest BCUT2D eigenvalue weighted by Crippen LogP contribution is 2.29. The van der Waals surface area contributed by atoms with E-state index >= 15 is 0 Å². The van der Waals surface area contributed by atoms with E-state index in [1.54, 1.807) is 18.7 Å². The molecule has 0 radical (unpaired) electrons. The van der Waals surface area contributed by atoms with E-state index in [4.69, 9.17) is 11.0 Å². The summed E-state index contributed by atoms with van der Waals surface area (Å²) in [5, 5.41) is 11.6. The highest BCUT2D eigenvalue weighted by Gasteiger charge is 2.21. The zero-order chi connectivity index (χ0) is 13.2. The van der Waals surface area contributed by atoms with Crippen LogP contribution in [-0.4, -0.2) is 15.8 Å². The smallest absolute Gasteiger partial charge is 0.102 e. The second-order valence-corrected chi connectivity index (χ2v) is 6.36. The van der Waals surface area contributed by atoms with Crippen LogP contribution in [0.5, 0.6) is 0 Å². The number of para-hydroxylation sites is 1. The topological polar surface area (TPSA) is 65.6 Å². The summed E-state index contributed by atoms with van der Waals surface area (Å²) in [5.74, 6) is 0. The van der Waals surface area contributed by atoms with Crippen molar-refractivity contribution in [1.29, 1.82) is 5.26 Å². The number of nitrogens with zero attached hydrogens (tertiary/aromatic N) is 1. The molecule has 1 aromatic carbocycles. The molecule has 0 saturated carbocycles. The van der Waals surface area contributed by atoms with Crippen LogP contribution in [0.1, 0.15) is 20.3 Å². The molecule has 3 N–H and O–H groups in total. The van der Waals surface area contributed by atoms with Gasteiger partial charge < -0.3 is 10.7 Å². The molecule has 1 aromatic heterocycles. The maximum absolute atomic E-state index is 8.93. The summed E-state index contributed by atoms with van der Waals surface area (Å²) in [4.78, 5) is 3.37. The van der Waals surface area contributed by atoms with Crippen molar-refractivity contribution in [3.63, 3.8) is 0 Å².